The van der Waals surface area contributed by atoms with Gasteiger partial charge in [-0.25, -0.2) is 0 Å². The molecule has 18 heavy (non-hydrogen) atoms. The third-order valence-corrected chi connectivity index (χ3v) is 3.63. The molecule has 0 fully saturated rings. The van der Waals surface area contributed by atoms with Gasteiger partial charge in [-0.3, -0.25) is 0 Å². The van der Waals surface area contributed by atoms with Gasteiger partial charge < -0.3 is 15.4 Å². The summed E-state index contributed by atoms with van der Waals surface area (Å²) < 4.78 is 5.44. The van der Waals surface area contributed by atoms with Gasteiger partial charge in [0.25, 0.3) is 0 Å². The van der Waals surface area contributed by atoms with Gasteiger partial charge in [0.15, 0.2) is 0 Å². The van der Waals surface area contributed by atoms with Gasteiger partial charge >= 0.3 is 0 Å². The van der Waals surface area contributed by atoms with Gasteiger partial charge in [-0.05, 0) is 64.4 Å². The van der Waals surface area contributed by atoms with Crippen molar-refractivity contribution in [3.8, 4) is 5.75 Å². The summed E-state index contributed by atoms with van der Waals surface area (Å²) in [5, 5.41) is 6.81. The number of hydrogen-bond acceptors (Lipinski definition) is 3. The molecule has 0 amide bonds. The van der Waals surface area contributed by atoms with Crippen LogP contribution in [0, 0.1) is 20.8 Å². The van der Waals surface area contributed by atoms with Crippen molar-refractivity contribution in [1.82, 2.24) is 5.32 Å². The minimum Gasteiger partial charge on any atom is -0.496 e. The first kappa shape index (κ1) is 14.8. The summed E-state index contributed by atoms with van der Waals surface area (Å²) in [6.45, 7) is 11.6. The highest BCUT2D eigenvalue weighted by Crippen LogP contribution is 2.31. The SMILES string of the molecule is CNC(C)(C)CNc1cc(C)c(OC)c(C)c1C. The number of nitrogens with one attached hydrogen (secondary N) is 2. The van der Waals surface area contributed by atoms with Crippen molar-refractivity contribution < 1.29 is 4.74 Å². The van der Waals surface area contributed by atoms with E-state index >= 15 is 0 Å². The highest BCUT2D eigenvalue weighted by molar-refractivity contribution is 5.61. The van der Waals surface area contributed by atoms with E-state index < -0.39 is 0 Å². The molecule has 3 nitrogen and oxygen atoms in total. The lowest BCUT2D eigenvalue weighted by Crippen LogP contribution is -2.42. The molecule has 0 unspecified atom stereocenters. The quantitative estimate of drug-likeness (QED) is 0.842. The molecule has 0 heterocycles. The summed E-state index contributed by atoms with van der Waals surface area (Å²) in [5.74, 6) is 0.992. The number of anilines is 1. The highest BCUT2D eigenvalue weighted by atomic mass is 16.5. The number of hydrogen-bond donors (Lipinski definition) is 2. The average molecular weight is 250 g/mol. The number of benzene rings is 1. The van der Waals surface area contributed by atoms with Crippen LogP contribution >= 0.6 is 0 Å². The van der Waals surface area contributed by atoms with Crippen LogP contribution < -0.4 is 15.4 Å². The van der Waals surface area contributed by atoms with Gasteiger partial charge in [0.2, 0.25) is 0 Å². The molecule has 0 aliphatic carbocycles. The Bertz CT molecular complexity index is 425. The second kappa shape index (κ2) is 5.61. The number of likely N-dealkylation sites (N-methyl/N-ethyl adjacent to an activating group) is 1. The largest absolute Gasteiger partial charge is 0.496 e. The van der Waals surface area contributed by atoms with Crippen LogP contribution in [0.5, 0.6) is 5.75 Å². The summed E-state index contributed by atoms with van der Waals surface area (Å²) in [6, 6.07) is 2.16. The Balaban J connectivity index is 2.98. The van der Waals surface area contributed by atoms with Crippen LogP contribution in [-0.2, 0) is 0 Å². The van der Waals surface area contributed by atoms with Gasteiger partial charge in [0.05, 0.1) is 7.11 Å². The van der Waals surface area contributed by atoms with Gasteiger partial charge in [-0.15, -0.1) is 0 Å². The zero-order valence-corrected chi connectivity index (χ0v) is 12.7. The molecule has 102 valence electrons. The normalized spacial score (nSPS) is 11.5. The van der Waals surface area contributed by atoms with Gasteiger partial charge in [0.1, 0.15) is 5.75 Å². The number of ether oxygens (including phenoxy) is 1. The van der Waals surface area contributed by atoms with Crippen molar-refractivity contribution in [1.29, 1.82) is 0 Å². The fraction of sp³-hybridized carbons (Fsp3) is 0.600. The maximum Gasteiger partial charge on any atom is 0.125 e. The molecule has 2 N–H and O–H groups in total. The minimum atomic E-state index is 0.0776. The molecular formula is C15H26N2O. The smallest absolute Gasteiger partial charge is 0.125 e. The Hall–Kier alpha value is -1.22. The van der Waals surface area contributed by atoms with Crippen LogP contribution in [0.1, 0.15) is 30.5 Å². The highest BCUT2D eigenvalue weighted by Gasteiger charge is 2.16. The first-order valence-electron chi connectivity index (χ1n) is 6.40. The fourth-order valence-electron chi connectivity index (χ4n) is 1.96. The lowest BCUT2D eigenvalue weighted by atomic mass is 10.0. The molecule has 1 aromatic carbocycles. The summed E-state index contributed by atoms with van der Waals surface area (Å²) in [6.07, 6.45) is 0. The molecule has 0 aliphatic rings. The number of rotatable bonds is 5. The Morgan fingerprint density at radius 2 is 1.78 bits per heavy atom. The Kier molecular flexibility index (Phi) is 4.63. The first-order chi connectivity index (χ1) is 8.32. The topological polar surface area (TPSA) is 33.3 Å². The third-order valence-electron chi connectivity index (χ3n) is 3.63. The molecular weight excluding hydrogens is 224 g/mol. The second-order valence-corrected chi connectivity index (χ2v) is 5.51. The Labute approximate surface area is 111 Å². The molecule has 0 saturated carbocycles. The van der Waals surface area contributed by atoms with E-state index in [1.807, 2.05) is 7.05 Å². The van der Waals surface area contributed by atoms with Crippen LogP contribution in [-0.4, -0.2) is 26.2 Å². The molecule has 0 aliphatic heterocycles. The molecule has 3 heteroatoms. The predicted molar refractivity (Wildman–Crippen MR) is 78.8 cm³/mol. The maximum absolute atomic E-state index is 5.44. The minimum absolute atomic E-state index is 0.0776. The molecule has 1 rings (SSSR count). The van der Waals surface area contributed by atoms with Crippen molar-refractivity contribution in [2.75, 3.05) is 26.0 Å². The molecule has 0 radical (unpaired) electrons. The Morgan fingerprint density at radius 3 is 2.28 bits per heavy atom. The standard InChI is InChI=1S/C15H26N2O/c1-10-8-13(17-9-15(4,5)16-6)11(2)12(3)14(10)18-7/h8,16-17H,9H2,1-7H3. The molecule has 0 spiro atoms. The van der Waals surface area contributed by atoms with Crippen LogP contribution in [0.4, 0.5) is 5.69 Å². The lowest BCUT2D eigenvalue weighted by molar-refractivity contribution is 0.408. The summed E-state index contributed by atoms with van der Waals surface area (Å²) >= 11 is 0. The van der Waals surface area contributed by atoms with E-state index in [-0.39, 0.29) is 5.54 Å². The number of aryl methyl sites for hydroxylation is 1. The molecule has 1 aromatic rings. The molecule has 0 saturated heterocycles. The van der Waals surface area contributed by atoms with Crippen LogP contribution in [0.25, 0.3) is 0 Å². The van der Waals surface area contributed by atoms with Gasteiger partial charge in [-0.2, -0.15) is 0 Å². The Morgan fingerprint density at radius 1 is 1.17 bits per heavy atom. The zero-order chi connectivity index (χ0) is 13.9. The van der Waals surface area contributed by atoms with Crippen molar-refractivity contribution >= 4 is 5.69 Å². The molecule has 0 bridgehead atoms. The van der Waals surface area contributed by atoms with E-state index in [0.717, 1.165) is 12.3 Å². The van der Waals surface area contributed by atoms with Crippen molar-refractivity contribution in [3.63, 3.8) is 0 Å². The maximum atomic E-state index is 5.44. The summed E-state index contributed by atoms with van der Waals surface area (Å²) in [7, 11) is 3.71. The third kappa shape index (κ3) is 3.16. The van der Waals surface area contributed by atoms with Gasteiger partial charge in [0, 0.05) is 17.8 Å². The average Bonchev–Trinajstić information content (AvgIpc) is 2.33. The monoisotopic (exact) mass is 250 g/mol. The zero-order valence-electron chi connectivity index (χ0n) is 12.7. The van der Waals surface area contributed by atoms with E-state index in [1.54, 1.807) is 7.11 Å². The van der Waals surface area contributed by atoms with E-state index in [2.05, 4.69) is 51.3 Å². The molecule has 0 aromatic heterocycles. The number of methoxy groups -OCH3 is 1. The second-order valence-electron chi connectivity index (χ2n) is 5.51. The van der Waals surface area contributed by atoms with E-state index in [9.17, 15) is 0 Å². The summed E-state index contributed by atoms with van der Waals surface area (Å²) in [4.78, 5) is 0. The van der Waals surface area contributed by atoms with Crippen molar-refractivity contribution in [2.45, 2.75) is 40.2 Å². The van der Waals surface area contributed by atoms with Crippen molar-refractivity contribution in [2.24, 2.45) is 0 Å². The van der Waals surface area contributed by atoms with Gasteiger partial charge in [-0.1, -0.05) is 0 Å². The fourth-order valence-corrected chi connectivity index (χ4v) is 1.96. The van der Waals surface area contributed by atoms with Crippen molar-refractivity contribution in [3.05, 3.63) is 22.8 Å². The van der Waals surface area contributed by atoms with Crippen LogP contribution in [0.3, 0.4) is 0 Å². The van der Waals surface area contributed by atoms with E-state index in [0.29, 0.717) is 0 Å². The molecule has 0 atom stereocenters. The summed E-state index contributed by atoms with van der Waals surface area (Å²) in [5.41, 5.74) is 4.90. The van der Waals surface area contributed by atoms with E-state index in [4.69, 9.17) is 4.74 Å². The van der Waals surface area contributed by atoms with E-state index in [1.165, 1.54) is 22.4 Å². The van der Waals surface area contributed by atoms with Crippen LogP contribution in [0.15, 0.2) is 6.07 Å². The lowest BCUT2D eigenvalue weighted by Gasteiger charge is -2.26. The predicted octanol–water partition coefficient (Wildman–Crippen LogP) is 3.03. The first-order valence-corrected chi connectivity index (χ1v) is 6.40. The van der Waals surface area contributed by atoms with Crippen LogP contribution in [0.2, 0.25) is 0 Å².